The second kappa shape index (κ2) is 7.84. The van der Waals surface area contributed by atoms with E-state index in [4.69, 9.17) is 32.7 Å². The lowest BCUT2D eigenvalue weighted by molar-refractivity contribution is -0.114. The van der Waals surface area contributed by atoms with Crippen LogP contribution < -0.4 is 19.1 Å². The number of nitrogens with one attached hydrogen (secondary N) is 1. The van der Waals surface area contributed by atoms with Crippen molar-refractivity contribution < 1.29 is 22.7 Å². The molecule has 3 rings (SSSR count). The molecule has 1 aliphatic heterocycles. The summed E-state index contributed by atoms with van der Waals surface area (Å²) < 4.78 is 36.6. The average Bonchev–Trinajstić information content (AvgIpc) is 3.06. The number of anilines is 2. The molecule has 0 bridgehead atoms. The number of benzene rings is 2. The van der Waals surface area contributed by atoms with E-state index in [1.165, 1.54) is 31.2 Å². The minimum Gasteiger partial charge on any atom is -0.454 e. The van der Waals surface area contributed by atoms with Crippen LogP contribution in [0.5, 0.6) is 11.5 Å². The summed E-state index contributed by atoms with van der Waals surface area (Å²) in [5.41, 5.74) is 0.678. The van der Waals surface area contributed by atoms with Gasteiger partial charge in [-0.3, -0.25) is 9.10 Å². The second-order valence-corrected chi connectivity index (χ2v) is 8.71. The van der Waals surface area contributed by atoms with Crippen molar-refractivity contribution in [1.29, 1.82) is 0 Å². The van der Waals surface area contributed by atoms with Gasteiger partial charge in [0.05, 0.1) is 11.4 Å². The highest BCUT2D eigenvalue weighted by Crippen LogP contribution is 2.36. The topological polar surface area (TPSA) is 84.9 Å². The number of amides is 1. The molecule has 0 atom stereocenters. The van der Waals surface area contributed by atoms with Gasteiger partial charge in [-0.25, -0.2) is 8.42 Å². The summed E-state index contributed by atoms with van der Waals surface area (Å²) >= 11 is 11.8. The number of rotatable bonds is 6. The van der Waals surface area contributed by atoms with Crippen molar-refractivity contribution in [2.24, 2.45) is 0 Å². The monoisotopic (exact) mass is 430 g/mol. The minimum atomic E-state index is -3.71. The summed E-state index contributed by atoms with van der Waals surface area (Å²) in [5, 5.41) is 3.31. The zero-order chi connectivity index (χ0) is 19.6. The Kier molecular flexibility index (Phi) is 5.69. The number of sulfonamides is 1. The fourth-order valence-electron chi connectivity index (χ4n) is 2.50. The molecule has 2 aromatic rings. The zero-order valence-corrected chi connectivity index (χ0v) is 16.6. The lowest BCUT2D eigenvalue weighted by atomic mass is 10.2. The van der Waals surface area contributed by atoms with Gasteiger partial charge < -0.3 is 14.8 Å². The Labute approximate surface area is 166 Å². The van der Waals surface area contributed by atoms with Crippen LogP contribution in [0, 0.1) is 0 Å². The van der Waals surface area contributed by atoms with Crippen molar-refractivity contribution in [2.45, 2.75) is 6.92 Å². The predicted molar refractivity (Wildman–Crippen MR) is 104 cm³/mol. The van der Waals surface area contributed by atoms with E-state index in [9.17, 15) is 13.2 Å². The maximum absolute atomic E-state index is 12.5. The molecule has 0 spiro atoms. The van der Waals surface area contributed by atoms with E-state index >= 15 is 0 Å². The number of carbonyl (C=O) groups excluding carboxylic acids is 1. The van der Waals surface area contributed by atoms with E-state index in [0.29, 0.717) is 32.9 Å². The van der Waals surface area contributed by atoms with Gasteiger partial charge in [-0.05, 0) is 37.3 Å². The first-order valence-electron chi connectivity index (χ1n) is 7.94. The molecule has 0 aromatic heterocycles. The van der Waals surface area contributed by atoms with Crippen molar-refractivity contribution in [1.82, 2.24) is 0 Å². The van der Waals surface area contributed by atoms with Crippen LogP contribution in [0.25, 0.3) is 0 Å². The average molecular weight is 431 g/mol. The summed E-state index contributed by atoms with van der Waals surface area (Å²) in [5.74, 6) is 0.233. The number of ether oxygens (including phenoxy) is 2. The molecule has 0 radical (unpaired) electrons. The van der Waals surface area contributed by atoms with Crippen LogP contribution in [0.15, 0.2) is 36.4 Å². The number of hydrogen-bond acceptors (Lipinski definition) is 5. The molecule has 144 valence electrons. The predicted octanol–water partition coefficient (Wildman–Crippen LogP) is 3.52. The summed E-state index contributed by atoms with van der Waals surface area (Å²) in [6, 6.07) is 9.25. The highest BCUT2D eigenvalue weighted by molar-refractivity contribution is 7.92. The van der Waals surface area contributed by atoms with Gasteiger partial charge >= 0.3 is 0 Å². The molecule has 0 saturated carbocycles. The lowest BCUT2D eigenvalue weighted by Crippen LogP contribution is -2.39. The molecule has 1 N–H and O–H groups in total. The molecule has 7 nitrogen and oxygen atoms in total. The third-order valence-electron chi connectivity index (χ3n) is 3.78. The fourth-order valence-corrected chi connectivity index (χ4v) is 4.09. The van der Waals surface area contributed by atoms with E-state index in [0.717, 1.165) is 4.31 Å². The Bertz CT molecular complexity index is 961. The van der Waals surface area contributed by atoms with Crippen molar-refractivity contribution in [3.63, 3.8) is 0 Å². The SMILES string of the molecule is CCS(=O)(=O)N(CC(=O)Nc1cc(Cl)cc(Cl)c1)c1ccc2c(c1)OCO2. The van der Waals surface area contributed by atoms with Crippen LogP contribution in [0.2, 0.25) is 10.0 Å². The van der Waals surface area contributed by atoms with Gasteiger partial charge in [0.2, 0.25) is 22.7 Å². The molecule has 0 aliphatic carbocycles. The van der Waals surface area contributed by atoms with Crippen molar-refractivity contribution in [3.8, 4) is 11.5 Å². The molecule has 0 unspecified atom stereocenters. The van der Waals surface area contributed by atoms with Gasteiger partial charge in [-0.1, -0.05) is 23.2 Å². The van der Waals surface area contributed by atoms with E-state index < -0.39 is 22.5 Å². The fraction of sp³-hybridized carbons (Fsp3) is 0.235. The Balaban J connectivity index is 1.85. The first kappa shape index (κ1) is 19.6. The summed E-state index contributed by atoms with van der Waals surface area (Å²) in [6.45, 7) is 1.15. The van der Waals surface area contributed by atoms with Gasteiger partial charge in [0, 0.05) is 21.8 Å². The molecule has 10 heteroatoms. The molecule has 27 heavy (non-hydrogen) atoms. The molecular weight excluding hydrogens is 415 g/mol. The normalized spacial score (nSPS) is 12.7. The number of hydrogen-bond donors (Lipinski definition) is 1. The molecular formula is C17H16Cl2N2O5S. The molecule has 1 aliphatic rings. The van der Waals surface area contributed by atoms with Crippen molar-refractivity contribution in [3.05, 3.63) is 46.4 Å². The largest absolute Gasteiger partial charge is 0.454 e. The van der Waals surface area contributed by atoms with Crippen LogP contribution in [0.4, 0.5) is 11.4 Å². The van der Waals surface area contributed by atoms with E-state index in [1.54, 1.807) is 12.1 Å². The van der Waals surface area contributed by atoms with Crippen LogP contribution in [-0.4, -0.2) is 33.4 Å². The summed E-state index contributed by atoms with van der Waals surface area (Å²) in [7, 11) is -3.71. The number of fused-ring (bicyclic) bond motifs is 1. The van der Waals surface area contributed by atoms with E-state index in [-0.39, 0.29) is 12.5 Å². The lowest BCUT2D eigenvalue weighted by Gasteiger charge is -2.23. The third-order valence-corrected chi connectivity index (χ3v) is 5.96. The Hall–Kier alpha value is -2.16. The van der Waals surface area contributed by atoms with Crippen LogP contribution >= 0.6 is 23.2 Å². The molecule has 2 aromatic carbocycles. The molecule has 0 saturated heterocycles. The van der Waals surface area contributed by atoms with Crippen LogP contribution in [0.1, 0.15) is 6.92 Å². The van der Waals surface area contributed by atoms with Crippen LogP contribution in [-0.2, 0) is 14.8 Å². The highest BCUT2D eigenvalue weighted by atomic mass is 35.5. The number of halogens is 2. The Morgan fingerprint density at radius 3 is 2.44 bits per heavy atom. The summed E-state index contributed by atoms with van der Waals surface area (Å²) in [6.07, 6.45) is 0. The number of nitrogens with zero attached hydrogens (tertiary/aromatic N) is 1. The van der Waals surface area contributed by atoms with Crippen molar-refractivity contribution in [2.75, 3.05) is 28.7 Å². The van der Waals surface area contributed by atoms with Gasteiger partial charge in [-0.2, -0.15) is 0 Å². The minimum absolute atomic E-state index is 0.0648. The van der Waals surface area contributed by atoms with E-state index in [2.05, 4.69) is 5.32 Å². The quantitative estimate of drug-likeness (QED) is 0.757. The zero-order valence-electron chi connectivity index (χ0n) is 14.2. The number of carbonyl (C=O) groups is 1. The van der Waals surface area contributed by atoms with Crippen molar-refractivity contribution >= 4 is 50.5 Å². The van der Waals surface area contributed by atoms with Crippen LogP contribution in [0.3, 0.4) is 0 Å². The maximum atomic E-state index is 12.5. The molecule has 1 heterocycles. The Morgan fingerprint density at radius 1 is 1.11 bits per heavy atom. The first-order chi connectivity index (χ1) is 12.8. The van der Waals surface area contributed by atoms with Gasteiger partial charge in [0.1, 0.15) is 6.54 Å². The van der Waals surface area contributed by atoms with Gasteiger partial charge in [-0.15, -0.1) is 0 Å². The standard InChI is InChI=1S/C17H16Cl2N2O5S/c1-2-27(23,24)21(14-3-4-15-16(8-14)26-10-25-15)9-17(22)20-13-6-11(18)5-12(19)7-13/h3-8H,2,9-10H2,1H3,(H,20,22). The third kappa shape index (κ3) is 4.58. The smallest absolute Gasteiger partial charge is 0.245 e. The molecule has 1 amide bonds. The first-order valence-corrected chi connectivity index (χ1v) is 10.3. The second-order valence-electron chi connectivity index (χ2n) is 5.65. The summed E-state index contributed by atoms with van der Waals surface area (Å²) in [4.78, 5) is 12.5. The maximum Gasteiger partial charge on any atom is 0.245 e. The van der Waals surface area contributed by atoms with Gasteiger partial charge in [0.25, 0.3) is 0 Å². The Morgan fingerprint density at radius 2 is 1.78 bits per heavy atom. The molecule has 0 fully saturated rings. The van der Waals surface area contributed by atoms with E-state index in [1.807, 2.05) is 0 Å². The highest BCUT2D eigenvalue weighted by Gasteiger charge is 2.26. The van der Waals surface area contributed by atoms with Gasteiger partial charge in [0.15, 0.2) is 11.5 Å².